The molecule has 0 saturated heterocycles. The Kier molecular flexibility index (Phi) is 3.92. The van der Waals surface area contributed by atoms with Crippen molar-refractivity contribution in [1.29, 1.82) is 0 Å². The minimum absolute atomic E-state index is 0.358. The molecule has 1 aliphatic carbocycles. The minimum atomic E-state index is 0.358. The van der Waals surface area contributed by atoms with Gasteiger partial charge in [0.25, 0.3) is 0 Å². The molecule has 0 atom stereocenters. The summed E-state index contributed by atoms with van der Waals surface area (Å²) in [5.74, 6) is 0.742. The van der Waals surface area contributed by atoms with Gasteiger partial charge in [0.05, 0.1) is 12.7 Å². The van der Waals surface area contributed by atoms with Crippen LogP contribution < -0.4 is 0 Å². The third-order valence-electron chi connectivity index (χ3n) is 2.19. The van der Waals surface area contributed by atoms with Crippen molar-refractivity contribution in [2.75, 3.05) is 0 Å². The average Bonchev–Trinajstić information content (AvgIpc) is 2.03. The van der Waals surface area contributed by atoms with Gasteiger partial charge in [-0.25, -0.2) is 0 Å². The topological polar surface area (TPSA) is 9.23 Å². The molecule has 1 nitrogen and oxygen atoms in total. The van der Waals surface area contributed by atoms with E-state index >= 15 is 0 Å². The Labute approximate surface area is 70.1 Å². The number of hydrogen-bond donors (Lipinski definition) is 0. The summed E-state index contributed by atoms with van der Waals surface area (Å²) in [5.41, 5.74) is 0. The molecule has 65 valence electrons. The van der Waals surface area contributed by atoms with Crippen molar-refractivity contribution in [3.05, 3.63) is 6.61 Å². The molecule has 1 aliphatic rings. The van der Waals surface area contributed by atoms with Gasteiger partial charge in [-0.2, -0.15) is 0 Å². The summed E-state index contributed by atoms with van der Waals surface area (Å²) in [7, 11) is 0. The van der Waals surface area contributed by atoms with E-state index in [9.17, 15) is 0 Å². The summed E-state index contributed by atoms with van der Waals surface area (Å²) < 4.78 is 5.46. The number of hydrogen-bond acceptors (Lipinski definition) is 1. The summed E-state index contributed by atoms with van der Waals surface area (Å²) in [4.78, 5) is 0. The average molecular weight is 155 g/mol. The van der Waals surface area contributed by atoms with Crippen LogP contribution in [0.4, 0.5) is 0 Å². The zero-order valence-electron chi connectivity index (χ0n) is 7.68. The first-order valence-electron chi connectivity index (χ1n) is 4.78. The maximum atomic E-state index is 5.46. The van der Waals surface area contributed by atoms with Crippen LogP contribution in [-0.4, -0.2) is 6.10 Å². The van der Waals surface area contributed by atoms with Crippen LogP contribution in [0.2, 0.25) is 0 Å². The van der Waals surface area contributed by atoms with Crippen LogP contribution in [0.1, 0.15) is 46.0 Å². The molecule has 1 radical (unpaired) electrons. The third kappa shape index (κ3) is 3.76. The van der Waals surface area contributed by atoms with Crippen LogP contribution in [0.5, 0.6) is 0 Å². The molecule has 0 heterocycles. The van der Waals surface area contributed by atoms with E-state index in [1.165, 1.54) is 32.1 Å². The van der Waals surface area contributed by atoms with Gasteiger partial charge in [-0.15, -0.1) is 0 Å². The zero-order valence-corrected chi connectivity index (χ0v) is 7.68. The normalized spacial score (nSPS) is 21.0. The highest BCUT2D eigenvalue weighted by atomic mass is 16.5. The Balaban J connectivity index is 2.05. The lowest BCUT2D eigenvalue weighted by Gasteiger charge is -2.21. The Morgan fingerprint density at radius 1 is 1.18 bits per heavy atom. The van der Waals surface area contributed by atoms with Crippen LogP contribution in [0.15, 0.2) is 0 Å². The molecular weight excluding hydrogens is 136 g/mol. The Bertz CT molecular complexity index is 93.0. The van der Waals surface area contributed by atoms with Gasteiger partial charge in [-0.1, -0.05) is 19.3 Å². The largest absolute Gasteiger partial charge is 0.373 e. The molecule has 1 fully saturated rings. The maximum Gasteiger partial charge on any atom is 0.0871 e. The Hall–Kier alpha value is -0.0400. The highest BCUT2D eigenvalue weighted by Crippen LogP contribution is 2.26. The second-order valence-electron chi connectivity index (χ2n) is 3.72. The van der Waals surface area contributed by atoms with Gasteiger partial charge in [-0.3, -0.25) is 0 Å². The van der Waals surface area contributed by atoms with Gasteiger partial charge in [0.1, 0.15) is 0 Å². The molecule has 0 N–H and O–H groups in total. The van der Waals surface area contributed by atoms with Crippen molar-refractivity contribution in [2.24, 2.45) is 5.92 Å². The first-order valence-corrected chi connectivity index (χ1v) is 4.78. The van der Waals surface area contributed by atoms with Crippen LogP contribution in [0.25, 0.3) is 0 Å². The molecule has 1 saturated carbocycles. The van der Waals surface area contributed by atoms with Gasteiger partial charge >= 0.3 is 0 Å². The molecule has 11 heavy (non-hydrogen) atoms. The van der Waals surface area contributed by atoms with E-state index in [1.807, 2.05) is 0 Å². The second kappa shape index (κ2) is 4.76. The fraction of sp³-hybridized carbons (Fsp3) is 0.900. The van der Waals surface area contributed by atoms with Gasteiger partial charge in [0.2, 0.25) is 0 Å². The molecular formula is C10H19O. The molecule has 0 aromatic rings. The van der Waals surface area contributed by atoms with Crippen LogP contribution in [0, 0.1) is 12.5 Å². The van der Waals surface area contributed by atoms with E-state index in [1.54, 1.807) is 0 Å². The van der Waals surface area contributed by atoms with E-state index in [4.69, 9.17) is 4.74 Å². The fourth-order valence-electron chi connectivity index (χ4n) is 1.54. The molecule has 1 heteroatoms. The SMILES string of the molecule is CC(C)O[CH]C1CCCCC1. The predicted molar refractivity (Wildman–Crippen MR) is 47.1 cm³/mol. The van der Waals surface area contributed by atoms with E-state index < -0.39 is 0 Å². The van der Waals surface area contributed by atoms with Gasteiger partial charge in [0.15, 0.2) is 0 Å². The summed E-state index contributed by atoms with van der Waals surface area (Å²) in [6.45, 7) is 6.22. The number of ether oxygens (including phenoxy) is 1. The van der Waals surface area contributed by atoms with E-state index in [2.05, 4.69) is 20.5 Å². The minimum Gasteiger partial charge on any atom is -0.373 e. The molecule has 0 aromatic carbocycles. The quantitative estimate of drug-likeness (QED) is 0.608. The first-order chi connectivity index (χ1) is 5.29. The van der Waals surface area contributed by atoms with Gasteiger partial charge < -0.3 is 4.74 Å². The summed E-state index contributed by atoms with van der Waals surface area (Å²) in [6.07, 6.45) is 7.24. The van der Waals surface area contributed by atoms with Crippen LogP contribution >= 0.6 is 0 Å². The predicted octanol–water partition coefficient (Wildman–Crippen LogP) is 3.15. The van der Waals surface area contributed by atoms with Gasteiger partial charge in [-0.05, 0) is 32.6 Å². The lowest BCUT2D eigenvalue weighted by Crippen LogP contribution is -2.11. The zero-order chi connectivity index (χ0) is 8.10. The standard InChI is InChI=1S/C10H19O/c1-9(2)11-8-10-6-4-3-5-7-10/h8-10H,3-7H2,1-2H3. The van der Waals surface area contributed by atoms with Crippen LogP contribution in [-0.2, 0) is 4.74 Å². The van der Waals surface area contributed by atoms with Crippen molar-refractivity contribution in [1.82, 2.24) is 0 Å². The van der Waals surface area contributed by atoms with E-state index in [-0.39, 0.29) is 0 Å². The summed E-state index contributed by atoms with van der Waals surface area (Å²) in [6, 6.07) is 0. The lowest BCUT2D eigenvalue weighted by atomic mass is 9.90. The maximum absolute atomic E-state index is 5.46. The first kappa shape index (κ1) is 9.05. The monoisotopic (exact) mass is 155 g/mol. The van der Waals surface area contributed by atoms with Crippen LogP contribution in [0.3, 0.4) is 0 Å². The van der Waals surface area contributed by atoms with Crippen molar-refractivity contribution < 1.29 is 4.74 Å². The summed E-state index contributed by atoms with van der Waals surface area (Å²) >= 11 is 0. The molecule has 0 unspecified atom stereocenters. The van der Waals surface area contributed by atoms with E-state index in [0.29, 0.717) is 6.10 Å². The molecule has 1 rings (SSSR count). The van der Waals surface area contributed by atoms with Crippen molar-refractivity contribution in [3.63, 3.8) is 0 Å². The Morgan fingerprint density at radius 2 is 1.82 bits per heavy atom. The highest BCUT2D eigenvalue weighted by Gasteiger charge is 2.14. The van der Waals surface area contributed by atoms with Crippen molar-refractivity contribution in [3.8, 4) is 0 Å². The van der Waals surface area contributed by atoms with Crippen molar-refractivity contribution in [2.45, 2.75) is 52.1 Å². The lowest BCUT2D eigenvalue weighted by molar-refractivity contribution is 0.0989. The fourth-order valence-corrected chi connectivity index (χ4v) is 1.54. The molecule has 0 aromatic heterocycles. The number of rotatable bonds is 3. The second-order valence-corrected chi connectivity index (χ2v) is 3.72. The third-order valence-corrected chi connectivity index (χ3v) is 2.19. The molecule has 0 bridgehead atoms. The molecule has 0 amide bonds. The smallest absolute Gasteiger partial charge is 0.0871 e. The van der Waals surface area contributed by atoms with Gasteiger partial charge in [0, 0.05) is 0 Å². The molecule has 0 spiro atoms. The van der Waals surface area contributed by atoms with Crippen molar-refractivity contribution >= 4 is 0 Å². The Morgan fingerprint density at radius 3 is 2.36 bits per heavy atom. The molecule has 0 aliphatic heterocycles. The summed E-state index contributed by atoms with van der Waals surface area (Å²) in [5, 5.41) is 0. The van der Waals surface area contributed by atoms with E-state index in [0.717, 1.165) is 5.92 Å². The highest BCUT2D eigenvalue weighted by molar-refractivity contribution is 4.72.